The van der Waals surface area contributed by atoms with Crippen LogP contribution < -0.4 is 0 Å². The van der Waals surface area contributed by atoms with Crippen molar-refractivity contribution in [1.82, 2.24) is 0 Å². The zero-order chi connectivity index (χ0) is 9.68. The monoisotopic (exact) mass is 238 g/mol. The van der Waals surface area contributed by atoms with Crippen LogP contribution in [0.3, 0.4) is 0 Å². The van der Waals surface area contributed by atoms with Crippen LogP contribution in [0.4, 0.5) is 0 Å². The molecule has 0 aliphatic rings. The molecule has 0 aliphatic carbocycles. The van der Waals surface area contributed by atoms with Crippen molar-refractivity contribution in [3.05, 3.63) is 39.9 Å². The lowest BCUT2D eigenvalue weighted by Crippen LogP contribution is -1.81. The summed E-state index contributed by atoms with van der Waals surface area (Å²) in [6, 6.07) is 7.88. The molecule has 0 aliphatic heterocycles. The number of carbonyl (C=O) groups excluding carboxylic acids is 1. The van der Waals surface area contributed by atoms with Gasteiger partial charge in [0, 0.05) is 4.47 Å². The third kappa shape index (κ3) is 3.15. The lowest BCUT2D eigenvalue weighted by Gasteiger charge is -1.96. The molecule has 0 atom stereocenters. The van der Waals surface area contributed by atoms with E-state index in [1.807, 2.05) is 37.3 Å². The maximum atomic E-state index is 10.5. The van der Waals surface area contributed by atoms with Crippen LogP contribution >= 0.6 is 15.9 Å². The molecule has 0 bridgehead atoms. The molecule has 1 aromatic carbocycles. The van der Waals surface area contributed by atoms with Gasteiger partial charge in [0.1, 0.15) is 6.29 Å². The number of aldehydes is 1. The number of hydrogen-bond donors (Lipinski definition) is 0. The summed E-state index contributed by atoms with van der Waals surface area (Å²) in [4.78, 5) is 10.5. The molecule has 0 radical (unpaired) electrons. The fraction of sp³-hybridized carbons (Fsp3) is 0.182. The van der Waals surface area contributed by atoms with E-state index in [-0.39, 0.29) is 0 Å². The minimum Gasteiger partial charge on any atom is -0.298 e. The predicted octanol–water partition coefficient (Wildman–Crippen LogP) is 3.44. The topological polar surface area (TPSA) is 17.1 Å². The van der Waals surface area contributed by atoms with Crippen molar-refractivity contribution in [2.75, 3.05) is 0 Å². The second-order valence-corrected chi connectivity index (χ2v) is 3.66. The highest BCUT2D eigenvalue weighted by Crippen LogP contribution is 2.14. The first-order chi connectivity index (χ1) is 6.26. The van der Waals surface area contributed by atoms with E-state index >= 15 is 0 Å². The highest BCUT2D eigenvalue weighted by atomic mass is 79.9. The van der Waals surface area contributed by atoms with E-state index in [0.717, 1.165) is 28.3 Å². The maximum absolute atomic E-state index is 10.5. The molecule has 0 fully saturated rings. The average molecular weight is 239 g/mol. The van der Waals surface area contributed by atoms with Gasteiger partial charge in [0.15, 0.2) is 0 Å². The van der Waals surface area contributed by atoms with E-state index in [2.05, 4.69) is 15.9 Å². The molecule has 0 amide bonds. The number of hydrogen-bond acceptors (Lipinski definition) is 1. The van der Waals surface area contributed by atoms with Crippen molar-refractivity contribution in [1.29, 1.82) is 0 Å². The summed E-state index contributed by atoms with van der Waals surface area (Å²) in [6.45, 7) is 1.97. The fourth-order valence-electron chi connectivity index (χ4n) is 1.03. The van der Waals surface area contributed by atoms with Crippen molar-refractivity contribution >= 4 is 28.3 Å². The van der Waals surface area contributed by atoms with E-state index in [9.17, 15) is 4.79 Å². The molecule has 0 heterocycles. The van der Waals surface area contributed by atoms with Crippen LogP contribution in [-0.4, -0.2) is 6.29 Å². The molecule has 1 aromatic rings. The van der Waals surface area contributed by atoms with Crippen LogP contribution in [0.1, 0.15) is 18.9 Å². The number of benzene rings is 1. The van der Waals surface area contributed by atoms with Gasteiger partial charge in [0.2, 0.25) is 0 Å². The van der Waals surface area contributed by atoms with Crippen LogP contribution in [-0.2, 0) is 4.79 Å². The molecule has 0 saturated heterocycles. The van der Waals surface area contributed by atoms with E-state index in [1.165, 1.54) is 0 Å². The molecule has 68 valence electrons. The first kappa shape index (κ1) is 10.2. The van der Waals surface area contributed by atoms with Crippen molar-refractivity contribution in [3.63, 3.8) is 0 Å². The van der Waals surface area contributed by atoms with Crippen LogP contribution in [0.2, 0.25) is 0 Å². The standard InChI is InChI=1S/C11H11BrO/c1-2-9(8-13)6-10-4-3-5-11(12)7-10/h3-8H,2H2,1H3/b9-6-. The van der Waals surface area contributed by atoms with E-state index < -0.39 is 0 Å². The van der Waals surface area contributed by atoms with Gasteiger partial charge in [-0.05, 0) is 35.8 Å². The van der Waals surface area contributed by atoms with Gasteiger partial charge in [-0.1, -0.05) is 35.0 Å². The molecule has 0 aromatic heterocycles. The Labute approximate surface area is 86.6 Å². The lowest BCUT2D eigenvalue weighted by atomic mass is 10.1. The lowest BCUT2D eigenvalue weighted by molar-refractivity contribution is -0.104. The molecular formula is C11H11BrO. The Kier molecular flexibility index (Phi) is 3.90. The minimum absolute atomic E-state index is 0.774. The van der Waals surface area contributed by atoms with Crippen molar-refractivity contribution in [2.24, 2.45) is 0 Å². The van der Waals surface area contributed by atoms with Crippen molar-refractivity contribution in [3.8, 4) is 0 Å². The first-order valence-corrected chi connectivity index (χ1v) is 4.97. The summed E-state index contributed by atoms with van der Waals surface area (Å²) in [5, 5.41) is 0. The molecular weight excluding hydrogens is 228 g/mol. The van der Waals surface area contributed by atoms with Gasteiger partial charge in [-0.3, -0.25) is 4.79 Å². The predicted molar refractivity (Wildman–Crippen MR) is 58.5 cm³/mol. The second kappa shape index (κ2) is 4.97. The van der Waals surface area contributed by atoms with Gasteiger partial charge in [-0.25, -0.2) is 0 Å². The normalized spacial score (nSPS) is 11.4. The molecule has 2 heteroatoms. The largest absolute Gasteiger partial charge is 0.298 e. The summed E-state index contributed by atoms with van der Waals surface area (Å²) in [5.74, 6) is 0. The minimum atomic E-state index is 0.774. The van der Waals surface area contributed by atoms with Gasteiger partial charge in [-0.15, -0.1) is 0 Å². The third-order valence-corrected chi connectivity index (χ3v) is 2.25. The fourth-order valence-corrected chi connectivity index (χ4v) is 1.45. The van der Waals surface area contributed by atoms with Gasteiger partial charge >= 0.3 is 0 Å². The Morgan fingerprint density at radius 1 is 1.54 bits per heavy atom. The van der Waals surface area contributed by atoms with E-state index in [0.29, 0.717) is 0 Å². The smallest absolute Gasteiger partial charge is 0.146 e. The van der Waals surface area contributed by atoms with Crippen molar-refractivity contribution < 1.29 is 4.79 Å². The highest BCUT2D eigenvalue weighted by molar-refractivity contribution is 9.10. The highest BCUT2D eigenvalue weighted by Gasteiger charge is 1.93. The Bertz CT molecular complexity index is 329. The first-order valence-electron chi connectivity index (χ1n) is 4.17. The summed E-state index contributed by atoms with van der Waals surface area (Å²) < 4.78 is 1.03. The molecule has 1 rings (SSSR count). The Hall–Kier alpha value is -0.890. The summed E-state index contributed by atoms with van der Waals surface area (Å²) in [7, 11) is 0. The Morgan fingerprint density at radius 3 is 2.85 bits per heavy atom. The Balaban J connectivity index is 2.95. The molecule has 0 N–H and O–H groups in total. The van der Waals surface area contributed by atoms with Gasteiger partial charge in [0.25, 0.3) is 0 Å². The van der Waals surface area contributed by atoms with Gasteiger partial charge in [0.05, 0.1) is 0 Å². The van der Waals surface area contributed by atoms with Gasteiger partial charge < -0.3 is 0 Å². The van der Waals surface area contributed by atoms with E-state index in [4.69, 9.17) is 0 Å². The van der Waals surface area contributed by atoms with Crippen LogP contribution in [0.15, 0.2) is 34.3 Å². The molecule has 0 saturated carbocycles. The zero-order valence-corrected chi connectivity index (χ0v) is 9.04. The number of rotatable bonds is 3. The number of halogens is 1. The van der Waals surface area contributed by atoms with Crippen LogP contribution in [0.5, 0.6) is 0 Å². The summed E-state index contributed by atoms with van der Waals surface area (Å²) in [6.07, 6.45) is 3.58. The molecule has 1 nitrogen and oxygen atoms in total. The molecule has 0 spiro atoms. The quantitative estimate of drug-likeness (QED) is 0.583. The molecule has 0 unspecified atom stereocenters. The maximum Gasteiger partial charge on any atom is 0.146 e. The second-order valence-electron chi connectivity index (χ2n) is 2.75. The number of allylic oxidation sites excluding steroid dienone is 1. The SMILES string of the molecule is CC/C(C=O)=C/c1cccc(Br)c1. The zero-order valence-electron chi connectivity index (χ0n) is 7.46. The summed E-state index contributed by atoms with van der Waals surface area (Å²) in [5.41, 5.74) is 1.87. The van der Waals surface area contributed by atoms with Gasteiger partial charge in [-0.2, -0.15) is 0 Å². The van der Waals surface area contributed by atoms with E-state index in [1.54, 1.807) is 0 Å². The summed E-state index contributed by atoms with van der Waals surface area (Å²) >= 11 is 3.38. The number of carbonyl (C=O) groups is 1. The molecule has 13 heavy (non-hydrogen) atoms. The third-order valence-electron chi connectivity index (χ3n) is 1.76. The van der Waals surface area contributed by atoms with Crippen molar-refractivity contribution in [2.45, 2.75) is 13.3 Å². The Morgan fingerprint density at radius 2 is 2.31 bits per heavy atom. The average Bonchev–Trinajstić information content (AvgIpc) is 2.14. The van der Waals surface area contributed by atoms with Crippen LogP contribution in [0.25, 0.3) is 6.08 Å². The van der Waals surface area contributed by atoms with Crippen LogP contribution in [0, 0.1) is 0 Å².